The lowest BCUT2D eigenvalue weighted by atomic mass is 9.98. The summed E-state index contributed by atoms with van der Waals surface area (Å²) in [4.78, 5) is 47.1. The van der Waals surface area contributed by atoms with Crippen LogP contribution in [-0.2, 0) is 25.9 Å². The minimum absolute atomic E-state index is 0.0974. The van der Waals surface area contributed by atoms with Crippen LogP contribution in [0.2, 0.25) is 0 Å². The maximum atomic E-state index is 13.4. The maximum Gasteiger partial charge on any atom is 0.269 e. The number of piperidine rings is 2. The van der Waals surface area contributed by atoms with E-state index in [4.69, 9.17) is 5.73 Å². The Morgan fingerprint density at radius 2 is 0.943 bits per heavy atom. The standard InChI is InChI=1S/C29H34N4O3.C29H36N4O/c1-20-12-15-30(16-13-20)29(34)21-6-11-27-25(18-21)26-19-31(22-4-2-3-5-22)17-14-28(26)32(27)23-7-9-24(10-8-23)33(35)36;1-20-12-15-31(16-13-20)29(34)21-6-11-27-25(18-21)26-19-32(23-4-2-3-5-23)17-14-28(26)33(27)24-9-7-22(30)8-10-24/h6-11,18,20,22H,2-5,12-17,19H2,1H3;6-11,18,20,23H,2-5,12-17,19,30H2,1H3. The number of nitrogen functional groups attached to an aromatic ring is 1. The van der Waals surface area contributed by atoms with Crippen LogP contribution in [0.25, 0.3) is 33.2 Å². The molecule has 0 spiro atoms. The van der Waals surface area contributed by atoms with Crippen LogP contribution in [0.5, 0.6) is 0 Å². The predicted octanol–water partition coefficient (Wildman–Crippen LogP) is 11.1. The Bertz CT molecular complexity index is 2890. The van der Waals surface area contributed by atoms with Gasteiger partial charge in [0.15, 0.2) is 0 Å². The number of benzene rings is 4. The quantitative estimate of drug-likeness (QED) is 0.0959. The van der Waals surface area contributed by atoms with Gasteiger partial charge in [-0.25, -0.2) is 0 Å². The first kappa shape index (κ1) is 46.4. The molecule has 4 aromatic carbocycles. The third kappa shape index (κ3) is 9.02. The second kappa shape index (κ2) is 19.7. The predicted molar refractivity (Wildman–Crippen MR) is 279 cm³/mol. The molecule has 12 heteroatoms. The van der Waals surface area contributed by atoms with Crippen molar-refractivity contribution in [3.8, 4) is 11.4 Å². The van der Waals surface area contributed by atoms with Crippen molar-refractivity contribution in [3.63, 3.8) is 0 Å². The number of anilines is 1. The van der Waals surface area contributed by atoms with E-state index in [0.29, 0.717) is 23.9 Å². The molecular weight excluding hydrogens is 873 g/mol. The molecule has 2 aliphatic carbocycles. The molecule has 2 N–H and O–H groups in total. The number of carbonyl (C=O) groups is 2. The Labute approximate surface area is 412 Å². The van der Waals surface area contributed by atoms with Crippen molar-refractivity contribution < 1.29 is 14.5 Å². The Balaban J connectivity index is 0.000000153. The highest BCUT2D eigenvalue weighted by Gasteiger charge is 2.33. The molecule has 70 heavy (non-hydrogen) atoms. The Hall–Kier alpha value is -5.98. The summed E-state index contributed by atoms with van der Waals surface area (Å²) in [5.41, 5.74) is 18.2. The minimum atomic E-state index is -0.355. The monoisotopic (exact) mass is 943 g/mol. The van der Waals surface area contributed by atoms with E-state index in [-0.39, 0.29) is 22.4 Å². The number of nitrogens with two attached hydrogens (primary N) is 1. The summed E-state index contributed by atoms with van der Waals surface area (Å²) in [6, 6.07) is 28.9. The zero-order valence-corrected chi connectivity index (χ0v) is 41.3. The van der Waals surface area contributed by atoms with E-state index in [1.807, 2.05) is 41.3 Å². The van der Waals surface area contributed by atoms with E-state index in [1.54, 1.807) is 12.1 Å². The number of aromatic nitrogens is 2. The molecule has 0 radical (unpaired) electrons. The summed E-state index contributed by atoms with van der Waals surface area (Å²) in [7, 11) is 0. The van der Waals surface area contributed by atoms with Crippen molar-refractivity contribution in [2.24, 2.45) is 11.8 Å². The summed E-state index contributed by atoms with van der Waals surface area (Å²) in [6.07, 6.45) is 16.8. The van der Waals surface area contributed by atoms with Crippen LogP contribution in [0, 0.1) is 22.0 Å². The number of carbonyl (C=O) groups excluding carboxylic acids is 2. The largest absolute Gasteiger partial charge is 0.399 e. The SMILES string of the molecule is CC1CCN(C(=O)c2ccc3c(c2)c2c(n3-c3ccc(N)cc3)CCN(C3CCCC3)C2)CC1.CC1CCN(C(=O)c2ccc3c(c2)c2c(n3-c3ccc([N+](=O)[O-])cc3)CCN(C3CCCC3)C2)CC1. The van der Waals surface area contributed by atoms with Crippen LogP contribution in [0.4, 0.5) is 11.4 Å². The average molecular weight is 943 g/mol. The number of fused-ring (bicyclic) bond motifs is 6. The lowest BCUT2D eigenvalue weighted by molar-refractivity contribution is -0.384. The average Bonchev–Trinajstić information content (AvgIpc) is 4.23. The van der Waals surface area contributed by atoms with Crippen molar-refractivity contribution >= 4 is 45.0 Å². The molecule has 12 rings (SSSR count). The number of non-ortho nitro benzene ring substituents is 1. The zero-order chi connectivity index (χ0) is 48.0. The zero-order valence-electron chi connectivity index (χ0n) is 41.3. The van der Waals surface area contributed by atoms with Crippen LogP contribution >= 0.6 is 0 Å². The van der Waals surface area contributed by atoms with E-state index >= 15 is 0 Å². The van der Waals surface area contributed by atoms with Crippen LogP contribution in [-0.4, -0.2) is 96.8 Å². The molecule has 2 saturated carbocycles. The minimum Gasteiger partial charge on any atom is -0.399 e. The fourth-order valence-electron chi connectivity index (χ4n) is 12.9. The van der Waals surface area contributed by atoms with E-state index in [1.165, 1.54) is 84.8 Å². The lowest BCUT2D eigenvalue weighted by Crippen LogP contribution is -2.38. The number of likely N-dealkylation sites (tertiary alicyclic amines) is 2. The number of nitrogens with zero attached hydrogens (tertiary/aromatic N) is 7. The molecule has 0 atom stereocenters. The van der Waals surface area contributed by atoms with Gasteiger partial charge in [0.1, 0.15) is 0 Å². The van der Waals surface area contributed by atoms with E-state index in [0.717, 1.165) is 130 Å². The molecule has 6 aromatic rings. The van der Waals surface area contributed by atoms with Crippen LogP contribution < -0.4 is 5.73 Å². The molecule has 0 unspecified atom stereocenters. The van der Waals surface area contributed by atoms with Crippen LogP contribution in [0.1, 0.15) is 134 Å². The number of rotatable bonds is 7. The third-order valence-corrected chi connectivity index (χ3v) is 17.1. The van der Waals surface area contributed by atoms with Gasteiger partial charge in [0, 0.05) is 140 Å². The van der Waals surface area contributed by atoms with Gasteiger partial charge in [0.25, 0.3) is 17.5 Å². The van der Waals surface area contributed by atoms with Gasteiger partial charge in [-0.05, 0) is 147 Å². The summed E-state index contributed by atoms with van der Waals surface area (Å²) in [5, 5.41) is 13.6. The summed E-state index contributed by atoms with van der Waals surface area (Å²) in [6.45, 7) is 12.0. The first-order valence-corrected chi connectivity index (χ1v) is 26.6. The van der Waals surface area contributed by atoms with Crippen LogP contribution in [0.15, 0.2) is 84.9 Å². The fourth-order valence-corrected chi connectivity index (χ4v) is 12.9. The molecule has 6 heterocycles. The molecule has 12 nitrogen and oxygen atoms in total. The number of hydrogen-bond donors (Lipinski definition) is 1. The Morgan fingerprint density at radius 3 is 1.34 bits per heavy atom. The van der Waals surface area contributed by atoms with Crippen molar-refractivity contribution in [2.75, 3.05) is 45.0 Å². The first-order valence-electron chi connectivity index (χ1n) is 26.6. The van der Waals surface area contributed by atoms with Gasteiger partial charge in [0.2, 0.25) is 0 Å². The molecule has 4 fully saturated rings. The van der Waals surface area contributed by atoms with Crippen molar-refractivity contribution in [3.05, 3.63) is 129 Å². The van der Waals surface area contributed by atoms with Gasteiger partial charge in [0.05, 0.1) is 16.0 Å². The second-order valence-corrected chi connectivity index (χ2v) is 21.6. The number of nitro groups is 1. The molecule has 0 bridgehead atoms. The maximum absolute atomic E-state index is 13.4. The normalized spacial score (nSPS) is 19.9. The smallest absolute Gasteiger partial charge is 0.269 e. The van der Waals surface area contributed by atoms with E-state index in [9.17, 15) is 19.7 Å². The highest BCUT2D eigenvalue weighted by molar-refractivity contribution is 6.01. The number of hydrogen-bond acceptors (Lipinski definition) is 7. The first-order chi connectivity index (χ1) is 34.1. The van der Waals surface area contributed by atoms with Gasteiger partial charge >= 0.3 is 0 Å². The number of amides is 2. The summed E-state index contributed by atoms with van der Waals surface area (Å²) in [5.74, 6) is 1.71. The highest BCUT2D eigenvalue weighted by Crippen LogP contribution is 2.39. The number of nitro benzene ring substituents is 1. The topological polar surface area (TPSA) is 126 Å². The van der Waals surface area contributed by atoms with Gasteiger partial charge in [-0.15, -0.1) is 0 Å². The molecule has 4 aliphatic heterocycles. The summed E-state index contributed by atoms with van der Waals surface area (Å²) >= 11 is 0. The second-order valence-electron chi connectivity index (χ2n) is 21.6. The summed E-state index contributed by atoms with van der Waals surface area (Å²) < 4.78 is 4.67. The third-order valence-electron chi connectivity index (χ3n) is 17.1. The molecule has 6 aliphatic rings. The molecule has 2 saturated heterocycles. The Kier molecular flexibility index (Phi) is 13.0. The Morgan fingerprint density at radius 1 is 0.543 bits per heavy atom. The van der Waals surface area contributed by atoms with Crippen molar-refractivity contribution in [1.29, 1.82) is 0 Å². The fraction of sp³-hybridized carbons (Fsp3) is 0.483. The molecular formula is C58H70N8O4. The molecule has 2 aromatic heterocycles. The van der Waals surface area contributed by atoms with Gasteiger partial charge in [-0.1, -0.05) is 39.5 Å². The van der Waals surface area contributed by atoms with Gasteiger partial charge in [-0.3, -0.25) is 29.5 Å². The lowest BCUT2D eigenvalue weighted by Gasteiger charge is -2.33. The van der Waals surface area contributed by atoms with Crippen molar-refractivity contribution in [1.82, 2.24) is 28.7 Å². The van der Waals surface area contributed by atoms with E-state index in [2.05, 4.69) is 74.1 Å². The molecule has 2 amide bonds. The highest BCUT2D eigenvalue weighted by atomic mass is 16.6. The van der Waals surface area contributed by atoms with Crippen molar-refractivity contribution in [2.45, 2.75) is 129 Å². The van der Waals surface area contributed by atoms with E-state index < -0.39 is 0 Å². The van der Waals surface area contributed by atoms with Gasteiger partial charge in [-0.2, -0.15) is 0 Å². The molecule has 366 valence electrons. The van der Waals surface area contributed by atoms with Crippen LogP contribution in [0.3, 0.4) is 0 Å². The van der Waals surface area contributed by atoms with Gasteiger partial charge < -0.3 is 24.7 Å².